The van der Waals surface area contributed by atoms with Gasteiger partial charge in [0.1, 0.15) is 0 Å². The smallest absolute Gasteiger partial charge is 0.335 e. The summed E-state index contributed by atoms with van der Waals surface area (Å²) in [7, 11) is -2.62. The van der Waals surface area contributed by atoms with E-state index in [1.807, 2.05) is 0 Å². The van der Waals surface area contributed by atoms with Crippen molar-refractivity contribution in [2.24, 2.45) is 5.14 Å². The van der Waals surface area contributed by atoms with Crippen LogP contribution in [-0.4, -0.2) is 19.5 Å². The van der Waals surface area contributed by atoms with E-state index in [0.29, 0.717) is 5.56 Å². The molecule has 0 aliphatic rings. The average Bonchev–Trinajstić information content (AvgIpc) is 2.05. The molecule has 0 saturated heterocycles. The van der Waals surface area contributed by atoms with E-state index in [9.17, 15) is 4.79 Å². The monoisotopic (exact) mass is 203 g/mol. The molecule has 0 radical (unpaired) electrons. The number of thiol groups is 1. The van der Waals surface area contributed by atoms with Gasteiger partial charge in [-0.25, -0.2) is 18.4 Å². The molecule has 0 bridgehead atoms. The normalized spacial score (nSPS) is 8.77. The highest BCUT2D eigenvalue weighted by atomic mass is 32.2. The van der Waals surface area contributed by atoms with Gasteiger partial charge in [-0.3, -0.25) is 0 Å². The fraction of sp³-hybridized carbons (Fsp3) is 0. The molecule has 0 spiro atoms. The lowest BCUT2D eigenvalue weighted by molar-refractivity contribution is 0.0697. The Morgan fingerprint density at radius 2 is 1.62 bits per heavy atom. The molecule has 5 nitrogen and oxygen atoms in total. The Kier molecular flexibility index (Phi) is 5.49. The predicted octanol–water partition coefficient (Wildman–Crippen LogP) is -0.144. The highest BCUT2D eigenvalue weighted by molar-refractivity contribution is 7.69. The van der Waals surface area contributed by atoms with Crippen molar-refractivity contribution in [2.75, 3.05) is 0 Å². The summed E-state index contributed by atoms with van der Waals surface area (Å²) in [6, 6.07) is 8.30. The van der Waals surface area contributed by atoms with Crippen LogP contribution in [-0.2, 0) is 10.9 Å². The number of carboxylic acids is 1. The van der Waals surface area contributed by atoms with Crippen LogP contribution in [0.25, 0.3) is 0 Å². The molecule has 0 amide bonds. The van der Waals surface area contributed by atoms with E-state index >= 15 is 0 Å². The number of rotatable bonds is 1. The molecule has 3 N–H and O–H groups in total. The summed E-state index contributed by atoms with van der Waals surface area (Å²) in [6.45, 7) is 0. The van der Waals surface area contributed by atoms with Crippen molar-refractivity contribution in [3.05, 3.63) is 35.9 Å². The van der Waals surface area contributed by atoms with Crippen LogP contribution in [0.5, 0.6) is 0 Å². The van der Waals surface area contributed by atoms with Gasteiger partial charge in [0, 0.05) is 0 Å². The zero-order chi connectivity index (χ0) is 10.3. The first-order valence-electron chi connectivity index (χ1n) is 3.21. The van der Waals surface area contributed by atoms with Crippen molar-refractivity contribution in [1.29, 1.82) is 0 Å². The number of aromatic carboxylic acids is 1. The zero-order valence-electron chi connectivity index (χ0n) is 6.58. The van der Waals surface area contributed by atoms with Crippen molar-refractivity contribution in [1.82, 2.24) is 0 Å². The van der Waals surface area contributed by atoms with Crippen molar-refractivity contribution in [2.45, 2.75) is 0 Å². The summed E-state index contributed by atoms with van der Waals surface area (Å²) in [5.74, 6) is -0.879. The molecule has 0 aliphatic heterocycles. The van der Waals surface area contributed by atoms with E-state index in [-0.39, 0.29) is 0 Å². The Hall–Kier alpha value is -1.40. The Morgan fingerprint density at radius 3 is 1.85 bits per heavy atom. The first kappa shape index (κ1) is 11.6. The van der Waals surface area contributed by atoms with Gasteiger partial charge in [0.2, 0.25) is 0 Å². The molecule has 0 unspecified atom stereocenters. The molecule has 6 heteroatoms. The van der Waals surface area contributed by atoms with Crippen LogP contribution in [0.15, 0.2) is 30.3 Å². The van der Waals surface area contributed by atoms with Crippen LogP contribution in [0.2, 0.25) is 0 Å². The lowest BCUT2D eigenvalue weighted by Crippen LogP contribution is -1.93. The quantitative estimate of drug-likeness (QED) is 0.553. The van der Waals surface area contributed by atoms with Crippen LogP contribution in [0.4, 0.5) is 0 Å². The maximum atomic E-state index is 10.2. The van der Waals surface area contributed by atoms with Gasteiger partial charge in [0.05, 0.1) is 5.56 Å². The van der Waals surface area contributed by atoms with Crippen molar-refractivity contribution < 1.29 is 18.3 Å². The van der Waals surface area contributed by atoms with Gasteiger partial charge in [-0.2, -0.15) is 0 Å². The Morgan fingerprint density at radius 1 is 1.23 bits per heavy atom. The largest absolute Gasteiger partial charge is 0.478 e. The first-order valence-corrected chi connectivity index (χ1v) is 4.46. The zero-order valence-corrected chi connectivity index (χ0v) is 7.48. The summed E-state index contributed by atoms with van der Waals surface area (Å²) in [5, 5.41) is 12.4. The SMILES string of the molecule is N[SH](=O)=O.O=C(O)c1ccccc1. The second kappa shape index (κ2) is 6.15. The number of hydrogen-bond acceptors (Lipinski definition) is 3. The van der Waals surface area contributed by atoms with Gasteiger partial charge in [0.15, 0.2) is 10.9 Å². The molecule has 0 fully saturated rings. The van der Waals surface area contributed by atoms with Gasteiger partial charge < -0.3 is 5.11 Å². The highest BCUT2D eigenvalue weighted by Crippen LogP contribution is 1.96. The minimum atomic E-state index is -2.62. The molecule has 0 aromatic heterocycles. The van der Waals surface area contributed by atoms with Crippen LogP contribution < -0.4 is 5.14 Å². The summed E-state index contributed by atoms with van der Waals surface area (Å²) < 4.78 is 17.6. The molecule has 1 rings (SSSR count). The van der Waals surface area contributed by atoms with Crippen LogP contribution in [0.3, 0.4) is 0 Å². The van der Waals surface area contributed by atoms with Gasteiger partial charge in [-0.05, 0) is 12.1 Å². The summed E-state index contributed by atoms with van der Waals surface area (Å²) >= 11 is 0. The molecule has 0 atom stereocenters. The van der Waals surface area contributed by atoms with E-state index < -0.39 is 16.9 Å². The van der Waals surface area contributed by atoms with Gasteiger partial charge in [0.25, 0.3) is 0 Å². The van der Waals surface area contributed by atoms with Crippen LogP contribution in [0, 0.1) is 0 Å². The molecule has 0 heterocycles. The lowest BCUT2D eigenvalue weighted by atomic mass is 10.2. The fourth-order valence-corrected chi connectivity index (χ4v) is 0.581. The van der Waals surface area contributed by atoms with Gasteiger partial charge in [-0.1, -0.05) is 18.2 Å². The lowest BCUT2D eigenvalue weighted by Gasteiger charge is -1.88. The number of nitrogens with two attached hydrogens (primary N) is 1. The molecule has 0 aliphatic carbocycles. The topological polar surface area (TPSA) is 97.5 Å². The molecule has 1 aromatic carbocycles. The molecular formula is C7H9NO4S. The molecule has 13 heavy (non-hydrogen) atoms. The van der Waals surface area contributed by atoms with E-state index in [1.54, 1.807) is 30.3 Å². The molecule has 0 saturated carbocycles. The Labute approximate surface area is 76.9 Å². The van der Waals surface area contributed by atoms with Gasteiger partial charge in [-0.15, -0.1) is 0 Å². The summed E-state index contributed by atoms with van der Waals surface area (Å²) in [4.78, 5) is 10.2. The fourth-order valence-electron chi connectivity index (χ4n) is 0.581. The van der Waals surface area contributed by atoms with Crippen molar-refractivity contribution >= 4 is 16.9 Å². The summed E-state index contributed by atoms with van der Waals surface area (Å²) in [6.07, 6.45) is 0. The highest BCUT2D eigenvalue weighted by Gasteiger charge is 1.96. The van der Waals surface area contributed by atoms with Crippen LogP contribution in [0.1, 0.15) is 10.4 Å². The number of carbonyl (C=O) groups is 1. The van der Waals surface area contributed by atoms with Crippen molar-refractivity contribution in [3.8, 4) is 0 Å². The first-order chi connectivity index (χ1) is 6.04. The number of hydrogen-bond donors (Lipinski definition) is 3. The maximum absolute atomic E-state index is 10.2. The second-order valence-corrected chi connectivity index (χ2v) is 2.53. The Balaban J connectivity index is 0.000000310. The summed E-state index contributed by atoms with van der Waals surface area (Å²) in [5.41, 5.74) is 0.331. The Bertz CT molecular complexity index is 326. The predicted molar refractivity (Wildman–Crippen MR) is 47.9 cm³/mol. The maximum Gasteiger partial charge on any atom is 0.335 e. The number of benzene rings is 1. The third-order valence-corrected chi connectivity index (χ3v) is 1.02. The molecular weight excluding hydrogens is 194 g/mol. The molecule has 72 valence electrons. The van der Waals surface area contributed by atoms with Gasteiger partial charge >= 0.3 is 5.97 Å². The average molecular weight is 203 g/mol. The van der Waals surface area contributed by atoms with Crippen LogP contribution >= 0.6 is 0 Å². The third kappa shape index (κ3) is 6.98. The minimum Gasteiger partial charge on any atom is -0.478 e. The standard InChI is InChI=1S/C7H6O2.H3NO2S/c8-7(9)6-4-2-1-3-5-6;1-4(2)3/h1-5H,(H,8,9);4H,(H2,1,2,3). The van der Waals surface area contributed by atoms with E-state index in [2.05, 4.69) is 5.14 Å². The second-order valence-electron chi connectivity index (χ2n) is 1.96. The van der Waals surface area contributed by atoms with Crippen molar-refractivity contribution in [3.63, 3.8) is 0 Å². The third-order valence-electron chi connectivity index (χ3n) is 1.02. The van der Waals surface area contributed by atoms with E-state index in [4.69, 9.17) is 13.5 Å². The van der Waals surface area contributed by atoms with E-state index in [1.165, 1.54) is 0 Å². The molecule has 1 aromatic rings. The number of carboxylic acid groups (broad SMARTS) is 1. The minimum absolute atomic E-state index is 0.331. The van der Waals surface area contributed by atoms with E-state index in [0.717, 1.165) is 0 Å².